The van der Waals surface area contributed by atoms with E-state index in [0.717, 1.165) is 0 Å². The van der Waals surface area contributed by atoms with Crippen LogP contribution in [0.3, 0.4) is 0 Å². The molecule has 4 aromatic rings. The maximum absolute atomic E-state index is 15.6. The summed E-state index contributed by atoms with van der Waals surface area (Å²) in [6.45, 7) is 13.3. The summed E-state index contributed by atoms with van der Waals surface area (Å²) >= 11 is 6.91. The zero-order valence-corrected chi connectivity index (χ0v) is 29.6. The number of benzene rings is 1. The molecule has 1 fully saturated rings. The number of pyridine rings is 2. The van der Waals surface area contributed by atoms with E-state index in [4.69, 9.17) is 30.8 Å². The van der Waals surface area contributed by atoms with Gasteiger partial charge in [-0.15, -0.1) is 0 Å². The molecule has 1 saturated heterocycles. The van der Waals surface area contributed by atoms with E-state index in [-0.39, 0.29) is 69.3 Å². The number of carbonyl (C=O) groups is 2. The molecule has 14 heteroatoms. The van der Waals surface area contributed by atoms with Gasteiger partial charge in [-0.2, -0.15) is 4.98 Å². The van der Waals surface area contributed by atoms with Gasteiger partial charge in [0.2, 0.25) is 0 Å². The minimum absolute atomic E-state index is 0.00539. The maximum Gasteiger partial charge on any atom is 0.410 e. The highest BCUT2D eigenvalue weighted by Crippen LogP contribution is 2.40. The van der Waals surface area contributed by atoms with Crippen molar-refractivity contribution in [3.63, 3.8) is 0 Å². The molecular weight excluding hydrogens is 655 g/mol. The molecule has 0 spiro atoms. The molecule has 0 N–H and O–H groups in total. The first-order valence-electron chi connectivity index (χ1n) is 15.9. The smallest absolute Gasteiger partial charge is 0.410 e. The Labute approximate surface area is 288 Å². The van der Waals surface area contributed by atoms with E-state index in [1.165, 1.54) is 43.0 Å². The molecule has 0 bridgehead atoms. The van der Waals surface area contributed by atoms with Crippen molar-refractivity contribution < 1.29 is 28.2 Å². The van der Waals surface area contributed by atoms with Gasteiger partial charge in [-0.1, -0.05) is 31.5 Å². The van der Waals surface area contributed by atoms with Crippen LogP contribution in [0.4, 0.5) is 15.0 Å². The summed E-state index contributed by atoms with van der Waals surface area (Å²) in [6.07, 6.45) is 1.08. The molecule has 5 rings (SSSR count). The number of ether oxygens (including phenoxy) is 3. The minimum Gasteiger partial charge on any atom is -0.467 e. The van der Waals surface area contributed by atoms with Crippen LogP contribution < -0.4 is 15.3 Å². The molecule has 1 aromatic carbocycles. The zero-order chi connectivity index (χ0) is 35.8. The number of piperazine rings is 1. The normalized spacial score (nSPS) is 15.2. The molecule has 12 nitrogen and oxygen atoms in total. The number of hydrogen-bond acceptors (Lipinski definition) is 10. The lowest BCUT2D eigenvalue weighted by Crippen LogP contribution is -2.55. The molecule has 1 aliphatic heterocycles. The van der Waals surface area contributed by atoms with E-state index in [9.17, 15) is 14.4 Å². The van der Waals surface area contributed by atoms with Crippen LogP contribution in [0.1, 0.15) is 70.4 Å². The fourth-order valence-electron chi connectivity index (χ4n) is 5.85. The monoisotopic (exact) mass is 694 g/mol. The number of aromatic nitrogens is 4. The molecule has 0 unspecified atom stereocenters. The van der Waals surface area contributed by atoms with E-state index >= 15 is 4.39 Å². The number of ketones is 1. The number of halogens is 2. The average molecular weight is 695 g/mol. The zero-order valence-electron chi connectivity index (χ0n) is 28.8. The Kier molecular flexibility index (Phi) is 10.3. The molecular formula is C35H40ClFN6O6. The summed E-state index contributed by atoms with van der Waals surface area (Å²) in [4.78, 5) is 57.6. The summed E-state index contributed by atoms with van der Waals surface area (Å²) < 4.78 is 33.2. The SMILES string of the molecule is COCOc1cccc(F)c1-c1nc2c(cc1Cl)c(N1CCN(C(=O)OC(C)(C)C)C[C@@H]1C)nc(=O)n2-c1c(C(C)=O)ccnc1C(C)C. The van der Waals surface area contributed by atoms with E-state index in [1.54, 1.807) is 37.8 Å². The van der Waals surface area contributed by atoms with Gasteiger partial charge in [-0.25, -0.2) is 23.5 Å². The highest BCUT2D eigenvalue weighted by Gasteiger charge is 2.33. The lowest BCUT2D eigenvalue weighted by molar-refractivity contribution is 0.0218. The second-order valence-corrected chi connectivity index (χ2v) is 13.6. The molecule has 260 valence electrons. The quantitative estimate of drug-likeness (QED) is 0.151. The second kappa shape index (κ2) is 14.1. The average Bonchev–Trinajstić information content (AvgIpc) is 3.02. The first-order valence-corrected chi connectivity index (χ1v) is 16.3. The summed E-state index contributed by atoms with van der Waals surface area (Å²) in [7, 11) is 1.44. The van der Waals surface area contributed by atoms with Crippen molar-refractivity contribution >= 4 is 40.3 Å². The van der Waals surface area contributed by atoms with Crippen LogP contribution in [0.2, 0.25) is 5.02 Å². The summed E-state index contributed by atoms with van der Waals surface area (Å²) in [5, 5.41) is 0.435. The van der Waals surface area contributed by atoms with Crippen molar-refractivity contribution in [1.29, 1.82) is 0 Å². The van der Waals surface area contributed by atoms with Gasteiger partial charge in [0.05, 0.1) is 33.0 Å². The number of hydrogen-bond donors (Lipinski definition) is 0. The molecule has 1 atom stereocenters. The lowest BCUT2D eigenvalue weighted by atomic mass is 10.0. The minimum atomic E-state index is -0.730. The third-order valence-electron chi connectivity index (χ3n) is 8.00. The molecule has 4 heterocycles. The van der Waals surface area contributed by atoms with Gasteiger partial charge in [0.15, 0.2) is 18.2 Å². The summed E-state index contributed by atoms with van der Waals surface area (Å²) in [6, 6.07) is 7.11. The first-order chi connectivity index (χ1) is 23.1. The van der Waals surface area contributed by atoms with Crippen LogP contribution in [0.15, 0.2) is 41.3 Å². The standard InChI is InChI=1S/C35H40ClFN6O6/c1-19(2)28-30(22(21(4)44)12-13-38-28)43-32-23(16-24(36)29(39-32)27-25(37)10-9-11-26(27)48-18-47-8)31(40-33(43)45)42-15-14-41(17-20(42)3)34(46)49-35(5,6)7/h9-13,16,19-20H,14-15,17-18H2,1-8H3/t20-/m0/s1. The van der Waals surface area contributed by atoms with Crippen LogP contribution in [-0.4, -0.2) is 81.5 Å². The largest absolute Gasteiger partial charge is 0.467 e. The Balaban J connectivity index is 1.79. The first kappa shape index (κ1) is 35.7. The van der Waals surface area contributed by atoms with Crippen molar-refractivity contribution in [2.24, 2.45) is 0 Å². The Bertz CT molecular complexity index is 1980. The second-order valence-electron chi connectivity index (χ2n) is 13.2. The van der Waals surface area contributed by atoms with Gasteiger partial charge < -0.3 is 24.0 Å². The van der Waals surface area contributed by atoms with Crippen LogP contribution in [0, 0.1) is 5.82 Å². The van der Waals surface area contributed by atoms with Gasteiger partial charge in [0.1, 0.15) is 23.0 Å². The van der Waals surface area contributed by atoms with Crippen molar-refractivity contribution in [2.75, 3.05) is 38.4 Å². The Morgan fingerprint density at radius 3 is 2.51 bits per heavy atom. The Morgan fingerprint density at radius 2 is 1.88 bits per heavy atom. The van der Waals surface area contributed by atoms with Crippen LogP contribution in [-0.2, 0) is 9.47 Å². The number of methoxy groups -OCH3 is 1. The number of carbonyl (C=O) groups excluding carboxylic acids is 2. The fraction of sp³-hybridized carbons (Fsp3) is 0.429. The number of nitrogens with zero attached hydrogens (tertiary/aromatic N) is 6. The van der Waals surface area contributed by atoms with Crippen molar-refractivity contribution in [2.45, 2.75) is 66.0 Å². The van der Waals surface area contributed by atoms with E-state index in [1.807, 2.05) is 25.7 Å². The van der Waals surface area contributed by atoms with Crippen molar-refractivity contribution in [3.8, 4) is 22.7 Å². The molecule has 0 saturated carbocycles. The Morgan fingerprint density at radius 1 is 1.14 bits per heavy atom. The molecule has 0 radical (unpaired) electrons. The predicted molar refractivity (Wildman–Crippen MR) is 185 cm³/mol. The predicted octanol–water partition coefficient (Wildman–Crippen LogP) is 6.39. The van der Waals surface area contributed by atoms with E-state index in [2.05, 4.69) is 9.97 Å². The number of rotatable bonds is 8. The number of amides is 1. The number of Topliss-reactive ketones (excluding diaryl/α,β-unsaturated/α-hetero) is 1. The third kappa shape index (κ3) is 7.23. The highest BCUT2D eigenvalue weighted by molar-refractivity contribution is 6.34. The highest BCUT2D eigenvalue weighted by atomic mass is 35.5. The topological polar surface area (TPSA) is 129 Å². The molecule has 0 aliphatic carbocycles. The van der Waals surface area contributed by atoms with Gasteiger partial charge in [-0.3, -0.25) is 9.78 Å². The van der Waals surface area contributed by atoms with E-state index in [0.29, 0.717) is 30.7 Å². The number of anilines is 1. The van der Waals surface area contributed by atoms with Crippen molar-refractivity contribution in [3.05, 3.63) is 69.1 Å². The van der Waals surface area contributed by atoms with Gasteiger partial charge >= 0.3 is 11.8 Å². The lowest BCUT2D eigenvalue weighted by Gasteiger charge is -2.41. The van der Waals surface area contributed by atoms with Crippen LogP contribution >= 0.6 is 11.6 Å². The molecule has 1 amide bonds. The fourth-order valence-corrected chi connectivity index (χ4v) is 6.10. The van der Waals surface area contributed by atoms with Crippen LogP contribution in [0.5, 0.6) is 5.75 Å². The van der Waals surface area contributed by atoms with E-state index < -0.39 is 23.2 Å². The molecule has 3 aromatic heterocycles. The maximum atomic E-state index is 15.6. The molecule has 1 aliphatic rings. The summed E-state index contributed by atoms with van der Waals surface area (Å²) in [5.74, 6) is -0.763. The van der Waals surface area contributed by atoms with Gasteiger partial charge in [0, 0.05) is 44.5 Å². The summed E-state index contributed by atoms with van der Waals surface area (Å²) in [5.41, 5.74) is -0.404. The third-order valence-corrected chi connectivity index (χ3v) is 8.29. The molecule has 49 heavy (non-hydrogen) atoms. The van der Waals surface area contributed by atoms with Gasteiger partial charge in [-0.05, 0) is 64.8 Å². The Hall–Kier alpha value is -4.62. The van der Waals surface area contributed by atoms with Gasteiger partial charge in [0.25, 0.3) is 0 Å². The number of fused-ring (bicyclic) bond motifs is 1. The van der Waals surface area contributed by atoms with Crippen LogP contribution in [0.25, 0.3) is 28.0 Å². The van der Waals surface area contributed by atoms with Crippen molar-refractivity contribution in [1.82, 2.24) is 24.4 Å².